The molecule has 0 unspecified atom stereocenters. The fraction of sp³-hybridized carbons (Fsp3) is 0.353. The lowest BCUT2D eigenvalue weighted by Gasteiger charge is -2.15. The summed E-state index contributed by atoms with van der Waals surface area (Å²) in [5.74, 6) is 2.35. The molecule has 0 fully saturated rings. The highest BCUT2D eigenvalue weighted by molar-refractivity contribution is 5.96. The maximum Gasteiger partial charge on any atom is 0.205 e. The predicted molar refractivity (Wildman–Crippen MR) is 94.5 cm³/mol. The topological polar surface area (TPSA) is 83.3 Å². The van der Waals surface area contributed by atoms with E-state index in [1.165, 1.54) is 6.33 Å². The highest BCUT2D eigenvalue weighted by Gasteiger charge is 2.19. The first-order valence-electron chi connectivity index (χ1n) is 7.91. The van der Waals surface area contributed by atoms with Gasteiger partial charge in [0, 0.05) is 25.5 Å². The van der Waals surface area contributed by atoms with Crippen molar-refractivity contribution in [3.63, 3.8) is 0 Å². The zero-order valence-corrected chi connectivity index (χ0v) is 14.5. The maximum absolute atomic E-state index is 5.49. The molecule has 0 radical (unpaired) electrons. The summed E-state index contributed by atoms with van der Waals surface area (Å²) >= 11 is 0. The van der Waals surface area contributed by atoms with Crippen molar-refractivity contribution in [1.82, 2.24) is 19.5 Å². The first kappa shape index (κ1) is 16.8. The molecule has 2 aromatic heterocycles. The zero-order valence-electron chi connectivity index (χ0n) is 14.5. The summed E-state index contributed by atoms with van der Waals surface area (Å²) < 4.78 is 18.4. The third-order valence-electron chi connectivity index (χ3n) is 3.88. The molecular formula is C17H21N5O3. The number of hydrogen-bond acceptors (Lipinski definition) is 7. The van der Waals surface area contributed by atoms with Crippen LogP contribution in [0.25, 0.3) is 10.9 Å². The molecule has 25 heavy (non-hydrogen) atoms. The van der Waals surface area contributed by atoms with Crippen LogP contribution in [0.2, 0.25) is 0 Å². The van der Waals surface area contributed by atoms with Crippen LogP contribution in [0.15, 0.2) is 31.1 Å². The molecule has 0 aliphatic carbocycles. The van der Waals surface area contributed by atoms with Crippen LogP contribution >= 0.6 is 0 Å². The monoisotopic (exact) mass is 343 g/mol. The van der Waals surface area contributed by atoms with E-state index in [0.717, 1.165) is 30.7 Å². The van der Waals surface area contributed by atoms with Crippen LogP contribution in [0.1, 0.15) is 6.42 Å². The number of nitrogens with zero attached hydrogens (tertiary/aromatic N) is 4. The van der Waals surface area contributed by atoms with Gasteiger partial charge in [-0.1, -0.05) is 0 Å². The Morgan fingerprint density at radius 2 is 1.92 bits per heavy atom. The highest BCUT2D eigenvalue weighted by atomic mass is 16.5. The van der Waals surface area contributed by atoms with Gasteiger partial charge in [-0.2, -0.15) is 0 Å². The van der Waals surface area contributed by atoms with Crippen molar-refractivity contribution in [2.75, 3.05) is 33.2 Å². The fourth-order valence-electron chi connectivity index (χ4n) is 2.69. The molecule has 0 saturated carbocycles. The van der Waals surface area contributed by atoms with E-state index in [0.29, 0.717) is 22.8 Å². The van der Waals surface area contributed by atoms with Gasteiger partial charge in [0.05, 0.1) is 33.0 Å². The van der Waals surface area contributed by atoms with Crippen LogP contribution in [0.4, 0.5) is 5.82 Å². The minimum absolute atomic E-state index is 0.516. The largest absolute Gasteiger partial charge is 0.493 e. The molecule has 0 amide bonds. The fourth-order valence-corrected chi connectivity index (χ4v) is 2.69. The first-order valence-corrected chi connectivity index (χ1v) is 7.91. The Hall–Kier alpha value is -3.03. The van der Waals surface area contributed by atoms with Crippen molar-refractivity contribution in [1.29, 1.82) is 0 Å². The molecule has 8 heteroatoms. The molecule has 132 valence electrons. The van der Waals surface area contributed by atoms with Gasteiger partial charge in [-0.3, -0.25) is 0 Å². The smallest absolute Gasteiger partial charge is 0.205 e. The minimum Gasteiger partial charge on any atom is -0.493 e. The Balaban J connectivity index is 1.85. The van der Waals surface area contributed by atoms with Gasteiger partial charge >= 0.3 is 0 Å². The van der Waals surface area contributed by atoms with E-state index in [-0.39, 0.29) is 0 Å². The normalized spacial score (nSPS) is 10.7. The van der Waals surface area contributed by atoms with Crippen molar-refractivity contribution in [2.24, 2.45) is 0 Å². The number of aryl methyl sites for hydroxylation is 1. The van der Waals surface area contributed by atoms with Crippen LogP contribution in [-0.4, -0.2) is 47.4 Å². The second kappa shape index (κ2) is 7.69. The van der Waals surface area contributed by atoms with Crippen LogP contribution in [-0.2, 0) is 6.54 Å². The number of rotatable bonds is 8. The van der Waals surface area contributed by atoms with E-state index in [1.807, 2.05) is 23.2 Å². The number of imidazole rings is 1. The van der Waals surface area contributed by atoms with Gasteiger partial charge in [0.2, 0.25) is 5.75 Å². The minimum atomic E-state index is 0.516. The average Bonchev–Trinajstić information content (AvgIpc) is 3.17. The average molecular weight is 343 g/mol. The van der Waals surface area contributed by atoms with Crippen molar-refractivity contribution in [3.05, 3.63) is 31.1 Å². The van der Waals surface area contributed by atoms with E-state index in [1.54, 1.807) is 27.5 Å². The summed E-state index contributed by atoms with van der Waals surface area (Å²) in [5, 5.41) is 4.17. The number of fused-ring (bicyclic) bond motifs is 1. The van der Waals surface area contributed by atoms with Crippen LogP contribution < -0.4 is 19.5 Å². The maximum atomic E-state index is 5.49. The van der Waals surface area contributed by atoms with E-state index in [9.17, 15) is 0 Å². The van der Waals surface area contributed by atoms with Gasteiger partial charge in [0.25, 0.3) is 0 Å². The standard InChI is InChI=1S/C17H21N5O3/c1-23-13-9-12-14(16(25-3)15(13)24-2)20-10-21-17(12)19-5-4-7-22-8-6-18-11-22/h6,8-11H,4-5,7H2,1-3H3,(H,19,20,21). The highest BCUT2D eigenvalue weighted by Crippen LogP contribution is 2.43. The second-order valence-electron chi connectivity index (χ2n) is 5.34. The predicted octanol–water partition coefficient (Wildman–Crippen LogP) is 2.35. The van der Waals surface area contributed by atoms with E-state index >= 15 is 0 Å². The number of hydrogen-bond donors (Lipinski definition) is 1. The van der Waals surface area contributed by atoms with Crippen molar-refractivity contribution in [2.45, 2.75) is 13.0 Å². The van der Waals surface area contributed by atoms with Gasteiger partial charge in [-0.05, 0) is 12.5 Å². The molecule has 3 rings (SSSR count). The number of nitrogens with one attached hydrogen (secondary N) is 1. The van der Waals surface area contributed by atoms with E-state index < -0.39 is 0 Å². The second-order valence-corrected chi connectivity index (χ2v) is 5.34. The molecule has 2 heterocycles. The quantitative estimate of drug-likeness (QED) is 0.629. The third kappa shape index (κ3) is 3.42. The summed E-state index contributed by atoms with van der Waals surface area (Å²) in [6, 6.07) is 1.86. The summed E-state index contributed by atoms with van der Waals surface area (Å²) in [4.78, 5) is 12.7. The molecule has 0 saturated heterocycles. The zero-order chi connectivity index (χ0) is 17.6. The summed E-state index contributed by atoms with van der Waals surface area (Å²) in [7, 11) is 4.74. The molecule has 0 aliphatic rings. The molecule has 8 nitrogen and oxygen atoms in total. The number of methoxy groups -OCH3 is 3. The molecule has 3 aromatic rings. The van der Waals surface area contributed by atoms with Gasteiger partial charge in [-0.25, -0.2) is 15.0 Å². The lowest BCUT2D eigenvalue weighted by atomic mass is 10.2. The Morgan fingerprint density at radius 3 is 2.60 bits per heavy atom. The summed E-state index contributed by atoms with van der Waals surface area (Å²) in [6.45, 7) is 1.65. The molecule has 1 aromatic carbocycles. The number of aromatic nitrogens is 4. The molecule has 1 N–H and O–H groups in total. The molecular weight excluding hydrogens is 322 g/mol. The number of ether oxygens (including phenoxy) is 3. The summed E-state index contributed by atoms with van der Waals surface area (Å²) in [6.07, 6.45) is 7.97. The Kier molecular flexibility index (Phi) is 5.17. The SMILES string of the molecule is COc1cc2c(NCCCn3ccnc3)ncnc2c(OC)c1OC. The van der Waals surface area contributed by atoms with Crippen LogP contribution in [0.5, 0.6) is 17.2 Å². The van der Waals surface area contributed by atoms with Gasteiger partial charge in [0.1, 0.15) is 17.7 Å². The Morgan fingerprint density at radius 1 is 1.08 bits per heavy atom. The van der Waals surface area contributed by atoms with Gasteiger partial charge in [0.15, 0.2) is 11.5 Å². The van der Waals surface area contributed by atoms with Crippen LogP contribution in [0, 0.1) is 0 Å². The molecule has 0 spiro atoms. The number of anilines is 1. The van der Waals surface area contributed by atoms with Crippen molar-refractivity contribution in [3.8, 4) is 17.2 Å². The summed E-state index contributed by atoms with van der Waals surface area (Å²) in [5.41, 5.74) is 0.673. The number of benzene rings is 1. The van der Waals surface area contributed by atoms with Crippen molar-refractivity contribution < 1.29 is 14.2 Å². The lowest BCUT2D eigenvalue weighted by molar-refractivity contribution is 0.327. The first-order chi connectivity index (χ1) is 12.3. The molecule has 0 atom stereocenters. The van der Waals surface area contributed by atoms with Crippen LogP contribution in [0.3, 0.4) is 0 Å². The molecule has 0 aliphatic heterocycles. The van der Waals surface area contributed by atoms with Crippen molar-refractivity contribution >= 4 is 16.7 Å². The Labute approximate surface area is 145 Å². The van der Waals surface area contributed by atoms with Gasteiger partial charge in [-0.15, -0.1) is 0 Å². The third-order valence-corrected chi connectivity index (χ3v) is 3.88. The lowest BCUT2D eigenvalue weighted by Crippen LogP contribution is -2.08. The van der Waals surface area contributed by atoms with E-state index in [4.69, 9.17) is 14.2 Å². The Bertz CT molecular complexity index is 836. The van der Waals surface area contributed by atoms with Gasteiger partial charge < -0.3 is 24.1 Å². The molecule has 0 bridgehead atoms. The van der Waals surface area contributed by atoms with E-state index in [2.05, 4.69) is 20.3 Å².